The molecule has 0 aliphatic heterocycles. The number of esters is 1. The number of carbonyl (C=O) groups excluding carboxylic acids is 2. The highest BCUT2D eigenvalue weighted by molar-refractivity contribution is 6.36. The molecule has 24 heavy (non-hydrogen) atoms. The predicted octanol–water partition coefficient (Wildman–Crippen LogP) is 4.76. The molecule has 7 heteroatoms. The minimum atomic E-state index is -0.666. The maximum absolute atomic E-state index is 12.0. The van der Waals surface area contributed by atoms with E-state index in [1.165, 1.54) is 18.2 Å². The fourth-order valence-corrected chi connectivity index (χ4v) is 2.46. The number of rotatable bonds is 6. The minimum absolute atomic E-state index is 0.205. The zero-order chi connectivity index (χ0) is 17.7. The summed E-state index contributed by atoms with van der Waals surface area (Å²) in [4.78, 5) is 23.6. The molecule has 126 valence electrons. The maximum atomic E-state index is 12.0. The SMILES string of the molecule is Cc1cc(OCC(=O)OCC(=O)c2ccc(Cl)cc2Cl)ccc1Cl. The largest absolute Gasteiger partial charge is 0.482 e. The van der Waals surface area contributed by atoms with Crippen molar-refractivity contribution in [3.8, 4) is 5.75 Å². The van der Waals surface area contributed by atoms with E-state index in [1.807, 2.05) is 6.92 Å². The second-order valence-electron chi connectivity index (χ2n) is 4.91. The summed E-state index contributed by atoms with van der Waals surface area (Å²) >= 11 is 17.6. The molecule has 2 aromatic rings. The Hall–Kier alpha value is -1.75. The molecule has 0 bridgehead atoms. The lowest BCUT2D eigenvalue weighted by molar-refractivity contribution is -0.144. The van der Waals surface area contributed by atoms with Crippen LogP contribution in [-0.2, 0) is 9.53 Å². The zero-order valence-corrected chi connectivity index (χ0v) is 14.9. The third kappa shape index (κ3) is 5.13. The quantitative estimate of drug-likeness (QED) is 0.530. The Morgan fingerprint density at radius 3 is 2.38 bits per heavy atom. The van der Waals surface area contributed by atoms with E-state index in [-0.39, 0.29) is 17.2 Å². The molecule has 0 heterocycles. The van der Waals surface area contributed by atoms with E-state index < -0.39 is 18.4 Å². The number of ether oxygens (including phenoxy) is 2. The first-order valence-electron chi connectivity index (χ1n) is 6.89. The van der Waals surface area contributed by atoms with Gasteiger partial charge in [-0.15, -0.1) is 0 Å². The zero-order valence-electron chi connectivity index (χ0n) is 12.6. The Morgan fingerprint density at radius 2 is 1.71 bits per heavy atom. The Kier molecular flexibility index (Phi) is 6.49. The van der Waals surface area contributed by atoms with Gasteiger partial charge in [0, 0.05) is 15.6 Å². The molecule has 0 atom stereocenters. The highest BCUT2D eigenvalue weighted by Crippen LogP contribution is 2.22. The van der Waals surface area contributed by atoms with Gasteiger partial charge < -0.3 is 9.47 Å². The molecule has 0 fully saturated rings. The third-order valence-electron chi connectivity index (χ3n) is 3.08. The number of halogens is 3. The highest BCUT2D eigenvalue weighted by Gasteiger charge is 2.14. The van der Waals surface area contributed by atoms with Gasteiger partial charge in [-0.25, -0.2) is 4.79 Å². The van der Waals surface area contributed by atoms with Crippen LogP contribution in [0.3, 0.4) is 0 Å². The van der Waals surface area contributed by atoms with Crippen molar-refractivity contribution in [1.29, 1.82) is 0 Å². The molecule has 0 amide bonds. The van der Waals surface area contributed by atoms with Crippen LogP contribution in [0.4, 0.5) is 0 Å². The molecule has 0 N–H and O–H groups in total. The van der Waals surface area contributed by atoms with Crippen molar-refractivity contribution in [2.45, 2.75) is 6.92 Å². The summed E-state index contributed by atoms with van der Waals surface area (Å²) in [6, 6.07) is 9.48. The first-order valence-corrected chi connectivity index (χ1v) is 8.03. The number of carbonyl (C=O) groups is 2. The topological polar surface area (TPSA) is 52.6 Å². The van der Waals surface area contributed by atoms with Crippen molar-refractivity contribution in [1.82, 2.24) is 0 Å². The third-order valence-corrected chi connectivity index (χ3v) is 4.05. The lowest BCUT2D eigenvalue weighted by Crippen LogP contribution is -2.19. The van der Waals surface area contributed by atoms with Gasteiger partial charge >= 0.3 is 5.97 Å². The van der Waals surface area contributed by atoms with Gasteiger partial charge in [-0.1, -0.05) is 34.8 Å². The van der Waals surface area contributed by atoms with E-state index >= 15 is 0 Å². The van der Waals surface area contributed by atoms with E-state index in [1.54, 1.807) is 18.2 Å². The van der Waals surface area contributed by atoms with Crippen LogP contribution in [0.25, 0.3) is 0 Å². The molecular weight excluding hydrogens is 375 g/mol. The van der Waals surface area contributed by atoms with Crippen molar-refractivity contribution in [3.63, 3.8) is 0 Å². The van der Waals surface area contributed by atoms with E-state index in [0.29, 0.717) is 15.8 Å². The van der Waals surface area contributed by atoms with Crippen molar-refractivity contribution in [3.05, 3.63) is 62.6 Å². The van der Waals surface area contributed by atoms with Gasteiger partial charge in [0.2, 0.25) is 5.78 Å². The van der Waals surface area contributed by atoms with Crippen molar-refractivity contribution in [2.75, 3.05) is 13.2 Å². The minimum Gasteiger partial charge on any atom is -0.482 e. The van der Waals surface area contributed by atoms with E-state index in [9.17, 15) is 9.59 Å². The summed E-state index contributed by atoms with van der Waals surface area (Å²) in [5.41, 5.74) is 1.07. The van der Waals surface area contributed by atoms with Crippen molar-refractivity contribution in [2.24, 2.45) is 0 Å². The van der Waals surface area contributed by atoms with Gasteiger partial charge in [0.15, 0.2) is 13.2 Å². The van der Waals surface area contributed by atoms with E-state index in [2.05, 4.69) is 0 Å². The molecule has 0 unspecified atom stereocenters. The van der Waals surface area contributed by atoms with Crippen molar-refractivity contribution >= 4 is 46.6 Å². The lowest BCUT2D eigenvalue weighted by atomic mass is 10.1. The van der Waals surface area contributed by atoms with Crippen LogP contribution >= 0.6 is 34.8 Å². The molecule has 0 radical (unpaired) electrons. The van der Waals surface area contributed by atoms with Crippen LogP contribution in [0.15, 0.2) is 36.4 Å². The number of hydrogen-bond donors (Lipinski definition) is 0. The average molecular weight is 388 g/mol. The monoisotopic (exact) mass is 386 g/mol. The van der Waals surface area contributed by atoms with Gasteiger partial charge in [0.05, 0.1) is 5.02 Å². The van der Waals surface area contributed by atoms with Crippen LogP contribution in [-0.4, -0.2) is 25.0 Å². The number of aryl methyl sites for hydroxylation is 1. The Morgan fingerprint density at radius 1 is 0.958 bits per heavy atom. The van der Waals surface area contributed by atoms with Gasteiger partial charge in [0.1, 0.15) is 5.75 Å². The van der Waals surface area contributed by atoms with Gasteiger partial charge in [0.25, 0.3) is 0 Å². The smallest absolute Gasteiger partial charge is 0.344 e. The highest BCUT2D eigenvalue weighted by atomic mass is 35.5. The first kappa shape index (κ1) is 18.6. The first-order chi connectivity index (χ1) is 11.4. The molecule has 0 aliphatic rings. The molecule has 0 saturated carbocycles. The molecule has 0 saturated heterocycles. The molecule has 0 aliphatic carbocycles. The van der Waals surface area contributed by atoms with Crippen LogP contribution in [0.5, 0.6) is 5.75 Å². The van der Waals surface area contributed by atoms with Crippen molar-refractivity contribution < 1.29 is 19.1 Å². The molecule has 2 aromatic carbocycles. The van der Waals surface area contributed by atoms with E-state index in [0.717, 1.165) is 5.56 Å². The summed E-state index contributed by atoms with van der Waals surface area (Å²) < 4.78 is 10.2. The number of ketones is 1. The molecule has 4 nitrogen and oxygen atoms in total. The Bertz CT molecular complexity index is 774. The predicted molar refractivity (Wildman–Crippen MR) is 93.4 cm³/mol. The molecule has 2 rings (SSSR count). The summed E-state index contributed by atoms with van der Waals surface area (Å²) in [6.45, 7) is 1.08. The van der Waals surface area contributed by atoms with Crippen LogP contribution < -0.4 is 4.74 Å². The lowest BCUT2D eigenvalue weighted by Gasteiger charge is -2.08. The number of Topliss-reactive ketones (excluding diaryl/α,β-unsaturated/α-hetero) is 1. The molecular formula is C17H13Cl3O4. The Balaban J connectivity index is 1.84. The van der Waals surface area contributed by atoms with Crippen LogP contribution in [0.1, 0.15) is 15.9 Å². The van der Waals surface area contributed by atoms with Crippen LogP contribution in [0.2, 0.25) is 15.1 Å². The second-order valence-corrected chi connectivity index (χ2v) is 6.16. The van der Waals surface area contributed by atoms with E-state index in [4.69, 9.17) is 44.3 Å². The van der Waals surface area contributed by atoms with Gasteiger partial charge in [-0.2, -0.15) is 0 Å². The second kappa shape index (κ2) is 8.38. The number of benzene rings is 2. The maximum Gasteiger partial charge on any atom is 0.344 e. The normalized spacial score (nSPS) is 10.3. The van der Waals surface area contributed by atoms with Gasteiger partial charge in [-0.05, 0) is 48.9 Å². The average Bonchev–Trinajstić information content (AvgIpc) is 2.53. The summed E-state index contributed by atoms with van der Waals surface area (Å²) in [7, 11) is 0. The standard InChI is InChI=1S/C17H13Cl3O4/c1-10-6-12(3-5-14(10)19)23-9-17(22)24-8-16(21)13-4-2-11(18)7-15(13)20/h2-7H,8-9H2,1H3. The van der Waals surface area contributed by atoms with Crippen LogP contribution in [0, 0.1) is 6.92 Å². The summed E-state index contributed by atoms with van der Waals surface area (Å²) in [5.74, 6) is -0.602. The summed E-state index contributed by atoms with van der Waals surface area (Å²) in [5, 5.41) is 1.23. The number of hydrogen-bond acceptors (Lipinski definition) is 4. The Labute approximate surface area is 154 Å². The molecule has 0 spiro atoms. The summed E-state index contributed by atoms with van der Waals surface area (Å²) in [6.07, 6.45) is 0. The van der Waals surface area contributed by atoms with Gasteiger partial charge in [-0.3, -0.25) is 4.79 Å². The molecule has 0 aromatic heterocycles. The fourth-order valence-electron chi connectivity index (χ4n) is 1.83. The fraction of sp³-hybridized carbons (Fsp3) is 0.176.